The van der Waals surface area contributed by atoms with Gasteiger partial charge in [0.2, 0.25) is 17.7 Å². The van der Waals surface area contributed by atoms with E-state index in [-0.39, 0.29) is 23.8 Å². The van der Waals surface area contributed by atoms with Crippen LogP contribution in [0, 0.1) is 0 Å². The summed E-state index contributed by atoms with van der Waals surface area (Å²) in [5, 5.41) is 5.88. The number of amides is 4. The topological polar surface area (TPSA) is 115 Å². The monoisotopic (exact) mass is 662 g/mol. The van der Waals surface area contributed by atoms with Crippen molar-refractivity contribution in [3.63, 3.8) is 0 Å². The Kier molecular flexibility index (Phi) is 12.3. The Labute approximate surface area is 285 Å². The summed E-state index contributed by atoms with van der Waals surface area (Å²) in [6, 6.07) is 20.3. The third kappa shape index (κ3) is 8.54. The molecule has 0 aliphatic carbocycles. The van der Waals surface area contributed by atoms with Crippen LogP contribution < -0.4 is 10.6 Å². The molecule has 0 aromatic heterocycles. The van der Waals surface area contributed by atoms with Crippen molar-refractivity contribution in [2.75, 3.05) is 52.4 Å². The number of hydrogen-bond donors (Lipinski definition) is 2. The van der Waals surface area contributed by atoms with E-state index in [4.69, 9.17) is 4.74 Å². The van der Waals surface area contributed by atoms with Crippen LogP contribution in [0.15, 0.2) is 60.7 Å². The first-order valence-electron chi connectivity index (χ1n) is 17.3. The highest BCUT2D eigenvalue weighted by molar-refractivity contribution is 5.90. The normalized spacial score (nSPS) is 24.3. The van der Waals surface area contributed by atoms with Crippen molar-refractivity contribution in [1.29, 1.82) is 0 Å². The van der Waals surface area contributed by atoms with Crippen LogP contribution >= 0.6 is 0 Å². The predicted octanol–water partition coefficient (Wildman–Crippen LogP) is 3.63. The molecule has 2 atom stereocenters. The molecule has 0 radical (unpaired) electrons. The number of benzene rings is 2. The fourth-order valence-electron chi connectivity index (χ4n) is 6.95. The number of ether oxygens (including phenoxy) is 1. The summed E-state index contributed by atoms with van der Waals surface area (Å²) in [7, 11) is 0. The standard InChI is InChI=1S/C19H27N3O3.C16H21N3O2.C2H6/c1-18(2,3)25-17(24)21-11-12-22(13-15-7-5-4-6-8-15)19(14-21)9-10-20-16(19)23;1-13(20)18-9-10-19(11-14-5-3-2-4-6-14)16(12-18)7-8-17-15(16)21;1-2/h4-8H,9-14H2,1-3H3,(H,20,23);2-6H,7-12H2,1H3,(H,17,21);1-2H3. The Hall–Kier alpha value is -3.96. The Morgan fingerprint density at radius 2 is 1.12 bits per heavy atom. The number of hydrogen-bond acceptors (Lipinski definition) is 7. The maximum Gasteiger partial charge on any atom is 0.410 e. The van der Waals surface area contributed by atoms with E-state index in [1.165, 1.54) is 11.1 Å². The first kappa shape index (κ1) is 36.9. The molecule has 2 aromatic rings. The van der Waals surface area contributed by atoms with Crippen molar-refractivity contribution in [2.45, 2.75) is 84.2 Å². The van der Waals surface area contributed by atoms with E-state index in [0.29, 0.717) is 58.8 Å². The van der Waals surface area contributed by atoms with E-state index >= 15 is 0 Å². The molecular weight excluding hydrogens is 608 g/mol. The average Bonchev–Trinajstić information content (AvgIpc) is 3.62. The average molecular weight is 663 g/mol. The zero-order valence-electron chi connectivity index (χ0n) is 29.6. The van der Waals surface area contributed by atoms with Gasteiger partial charge in [-0.05, 0) is 44.7 Å². The molecule has 48 heavy (non-hydrogen) atoms. The second-order valence-electron chi connectivity index (χ2n) is 13.7. The van der Waals surface area contributed by atoms with E-state index in [2.05, 4.69) is 44.7 Å². The molecule has 11 nitrogen and oxygen atoms in total. The SMILES string of the molecule is CC.CC(=O)N1CCN(Cc2ccccc2)C2(CCNC2=O)C1.CC(C)(C)OC(=O)N1CCN(Cc2ccccc2)C2(CCNC2=O)C1. The summed E-state index contributed by atoms with van der Waals surface area (Å²) >= 11 is 0. The van der Waals surface area contributed by atoms with Crippen LogP contribution in [0.3, 0.4) is 0 Å². The molecule has 2 unspecified atom stereocenters. The Morgan fingerprint density at radius 1 is 0.708 bits per heavy atom. The third-order valence-electron chi connectivity index (χ3n) is 9.42. The maximum atomic E-state index is 12.7. The van der Waals surface area contributed by atoms with Crippen LogP contribution in [0.1, 0.15) is 65.5 Å². The second-order valence-corrected chi connectivity index (χ2v) is 13.7. The molecule has 4 fully saturated rings. The van der Waals surface area contributed by atoms with Gasteiger partial charge in [-0.3, -0.25) is 24.2 Å². The molecule has 4 aliphatic heterocycles. The first-order valence-corrected chi connectivity index (χ1v) is 17.3. The predicted molar refractivity (Wildman–Crippen MR) is 186 cm³/mol. The van der Waals surface area contributed by atoms with E-state index in [1.54, 1.807) is 16.7 Å². The molecule has 6 rings (SSSR count). The molecule has 4 heterocycles. The highest BCUT2D eigenvalue weighted by Crippen LogP contribution is 2.32. The van der Waals surface area contributed by atoms with Gasteiger partial charge in [-0.25, -0.2) is 4.79 Å². The molecule has 11 heteroatoms. The van der Waals surface area contributed by atoms with Crippen LogP contribution in [0.5, 0.6) is 0 Å². The van der Waals surface area contributed by atoms with Gasteiger partial charge in [-0.1, -0.05) is 74.5 Å². The Bertz CT molecular complexity index is 1400. The number of nitrogens with zero attached hydrogens (tertiary/aromatic N) is 4. The van der Waals surface area contributed by atoms with E-state index < -0.39 is 16.7 Å². The van der Waals surface area contributed by atoms with Crippen molar-refractivity contribution in [3.05, 3.63) is 71.8 Å². The van der Waals surface area contributed by atoms with Crippen LogP contribution in [0.2, 0.25) is 0 Å². The lowest BCUT2D eigenvalue weighted by atomic mass is 9.91. The first-order chi connectivity index (χ1) is 22.9. The van der Waals surface area contributed by atoms with Gasteiger partial charge in [0.15, 0.2) is 0 Å². The van der Waals surface area contributed by atoms with Gasteiger partial charge in [-0.2, -0.15) is 0 Å². The smallest absolute Gasteiger partial charge is 0.410 e. The van der Waals surface area contributed by atoms with Gasteiger partial charge in [0.05, 0.1) is 6.54 Å². The number of piperazine rings is 2. The minimum absolute atomic E-state index is 0.0108. The molecule has 0 saturated carbocycles. The van der Waals surface area contributed by atoms with Crippen LogP contribution in [0.4, 0.5) is 4.79 Å². The Balaban J connectivity index is 0.000000209. The largest absolute Gasteiger partial charge is 0.444 e. The van der Waals surface area contributed by atoms with Crippen molar-refractivity contribution in [2.24, 2.45) is 0 Å². The summed E-state index contributed by atoms with van der Waals surface area (Å²) in [6.45, 7) is 17.5. The zero-order valence-corrected chi connectivity index (χ0v) is 29.6. The number of carbonyl (C=O) groups excluding carboxylic acids is 4. The molecule has 262 valence electrons. The van der Waals surface area contributed by atoms with Gasteiger partial charge in [0.1, 0.15) is 16.7 Å². The lowest BCUT2D eigenvalue weighted by molar-refractivity contribution is -0.142. The number of nitrogens with one attached hydrogen (secondary N) is 2. The highest BCUT2D eigenvalue weighted by Gasteiger charge is 2.52. The van der Waals surface area contributed by atoms with Crippen molar-refractivity contribution >= 4 is 23.8 Å². The third-order valence-corrected chi connectivity index (χ3v) is 9.42. The minimum atomic E-state index is -0.662. The summed E-state index contributed by atoms with van der Waals surface area (Å²) in [5.74, 6) is 0.120. The van der Waals surface area contributed by atoms with Gasteiger partial charge >= 0.3 is 6.09 Å². The van der Waals surface area contributed by atoms with Crippen LogP contribution in [-0.4, -0.2) is 112 Å². The summed E-state index contributed by atoms with van der Waals surface area (Å²) in [6.07, 6.45) is 1.13. The molecular formula is C37H54N6O5. The van der Waals surface area contributed by atoms with Crippen molar-refractivity contribution in [1.82, 2.24) is 30.2 Å². The summed E-state index contributed by atoms with van der Waals surface area (Å²) in [4.78, 5) is 57.2. The maximum absolute atomic E-state index is 12.7. The lowest BCUT2D eigenvalue weighted by Gasteiger charge is -2.47. The molecule has 4 aliphatic rings. The van der Waals surface area contributed by atoms with E-state index in [9.17, 15) is 19.2 Å². The second kappa shape index (κ2) is 16.0. The molecule has 2 spiro atoms. The summed E-state index contributed by atoms with van der Waals surface area (Å²) < 4.78 is 5.51. The van der Waals surface area contributed by atoms with Gasteiger partial charge in [0, 0.05) is 65.8 Å². The van der Waals surface area contributed by atoms with Crippen molar-refractivity contribution < 1.29 is 23.9 Å². The van der Waals surface area contributed by atoms with Crippen molar-refractivity contribution in [3.8, 4) is 0 Å². The number of carbonyl (C=O) groups is 4. The molecule has 4 amide bonds. The summed E-state index contributed by atoms with van der Waals surface area (Å²) in [5.41, 5.74) is 0.619. The Morgan fingerprint density at radius 3 is 1.50 bits per heavy atom. The molecule has 2 N–H and O–H groups in total. The zero-order chi connectivity index (χ0) is 35.0. The molecule has 2 aromatic carbocycles. The van der Waals surface area contributed by atoms with Gasteiger partial charge < -0.3 is 25.2 Å². The lowest BCUT2D eigenvalue weighted by Crippen LogP contribution is -2.66. The highest BCUT2D eigenvalue weighted by atomic mass is 16.6. The quantitative estimate of drug-likeness (QED) is 0.514. The van der Waals surface area contributed by atoms with Crippen LogP contribution in [-0.2, 0) is 32.2 Å². The fourth-order valence-corrected chi connectivity index (χ4v) is 6.95. The van der Waals surface area contributed by atoms with Crippen LogP contribution in [0.25, 0.3) is 0 Å². The van der Waals surface area contributed by atoms with E-state index in [0.717, 1.165) is 19.5 Å². The molecule has 4 saturated heterocycles. The fraction of sp³-hybridized carbons (Fsp3) is 0.568. The minimum Gasteiger partial charge on any atom is -0.444 e. The van der Waals surface area contributed by atoms with Gasteiger partial charge in [-0.15, -0.1) is 0 Å². The van der Waals surface area contributed by atoms with E-state index in [1.807, 2.05) is 71.0 Å². The number of rotatable bonds is 4. The van der Waals surface area contributed by atoms with Gasteiger partial charge in [0.25, 0.3) is 0 Å². The molecule has 0 bridgehead atoms.